The molecule has 0 saturated carbocycles. The summed E-state index contributed by atoms with van der Waals surface area (Å²) in [6, 6.07) is 10.4. The number of pyridine rings is 1. The van der Waals surface area contributed by atoms with Gasteiger partial charge in [0.2, 0.25) is 5.88 Å². The Morgan fingerprint density at radius 1 is 1.29 bits per heavy atom. The second-order valence-corrected chi connectivity index (χ2v) is 5.69. The molecule has 0 aliphatic heterocycles. The predicted octanol–water partition coefficient (Wildman–Crippen LogP) is 4.70. The zero-order valence-corrected chi connectivity index (χ0v) is 13.5. The Bertz CT molecular complexity index is 767. The lowest BCUT2D eigenvalue weighted by molar-refractivity contribution is 0.457. The van der Waals surface area contributed by atoms with Crippen LogP contribution in [0.4, 0.5) is 0 Å². The number of benzene rings is 1. The van der Waals surface area contributed by atoms with Gasteiger partial charge in [-0.2, -0.15) is 5.10 Å². The highest BCUT2D eigenvalue weighted by Crippen LogP contribution is 2.28. The molecule has 0 unspecified atom stereocenters. The number of para-hydroxylation sites is 1. The summed E-state index contributed by atoms with van der Waals surface area (Å²) in [5.41, 5.74) is 1.94. The van der Waals surface area contributed by atoms with Crippen molar-refractivity contribution in [3.05, 3.63) is 48.3 Å². The van der Waals surface area contributed by atoms with E-state index in [1.54, 1.807) is 6.20 Å². The lowest BCUT2D eigenvalue weighted by atomic mass is 10.2. The highest BCUT2D eigenvalue weighted by atomic mass is 79.9. The quantitative estimate of drug-likeness (QED) is 0.643. The largest absolute Gasteiger partial charge is 0.435 e. The average molecular weight is 346 g/mol. The van der Waals surface area contributed by atoms with E-state index >= 15 is 0 Å². The van der Waals surface area contributed by atoms with Crippen LogP contribution in [0, 0.1) is 0 Å². The topological polar surface area (TPSA) is 39.9 Å². The van der Waals surface area contributed by atoms with Gasteiger partial charge in [-0.1, -0.05) is 34.1 Å². The van der Waals surface area contributed by atoms with Crippen LogP contribution in [0.2, 0.25) is 0 Å². The van der Waals surface area contributed by atoms with Crippen LogP contribution in [-0.2, 0) is 5.33 Å². The van der Waals surface area contributed by atoms with Crippen LogP contribution >= 0.6 is 15.9 Å². The number of halogens is 1. The molecule has 0 fully saturated rings. The fourth-order valence-corrected chi connectivity index (χ4v) is 2.50. The molecule has 108 valence electrons. The third-order valence-corrected chi connectivity index (χ3v) is 3.83. The Morgan fingerprint density at radius 2 is 2.10 bits per heavy atom. The summed E-state index contributed by atoms with van der Waals surface area (Å²) in [5, 5.41) is 6.08. The molecule has 0 atom stereocenters. The van der Waals surface area contributed by atoms with Gasteiger partial charge in [-0.3, -0.25) is 4.68 Å². The maximum absolute atomic E-state index is 5.91. The van der Waals surface area contributed by atoms with Crippen molar-refractivity contribution in [2.45, 2.75) is 25.2 Å². The molecule has 0 amide bonds. The predicted molar refractivity (Wildman–Crippen MR) is 87.1 cm³/mol. The van der Waals surface area contributed by atoms with Crippen LogP contribution in [0.3, 0.4) is 0 Å². The van der Waals surface area contributed by atoms with Crippen LogP contribution in [0.5, 0.6) is 11.6 Å². The van der Waals surface area contributed by atoms with Crippen molar-refractivity contribution >= 4 is 26.8 Å². The van der Waals surface area contributed by atoms with Gasteiger partial charge < -0.3 is 4.74 Å². The minimum absolute atomic E-state index is 0.308. The molecule has 0 N–H and O–H groups in total. The average Bonchev–Trinajstić information content (AvgIpc) is 2.95. The van der Waals surface area contributed by atoms with E-state index in [0.717, 1.165) is 16.5 Å². The maximum atomic E-state index is 5.91. The highest BCUT2D eigenvalue weighted by molar-refractivity contribution is 9.08. The van der Waals surface area contributed by atoms with Crippen LogP contribution in [-0.4, -0.2) is 14.8 Å². The Hall–Kier alpha value is -1.88. The normalized spacial score (nSPS) is 11.2. The van der Waals surface area contributed by atoms with E-state index in [9.17, 15) is 0 Å². The molecule has 2 aromatic heterocycles. The summed E-state index contributed by atoms with van der Waals surface area (Å²) < 4.78 is 7.78. The summed E-state index contributed by atoms with van der Waals surface area (Å²) in [5.74, 6) is 1.32. The number of hydrogen-bond donors (Lipinski definition) is 0. The molecule has 1 aromatic carbocycles. The standard InChI is InChI=1S/C16H16BrN3O/c1-11(2)20-10-14(9-18-20)21-16-13(8-17)7-12-5-3-4-6-15(12)19-16/h3-7,9-11H,8H2,1-2H3. The second-order valence-electron chi connectivity index (χ2n) is 5.13. The second kappa shape index (κ2) is 5.85. The first kappa shape index (κ1) is 14.1. The Balaban J connectivity index is 1.98. The summed E-state index contributed by atoms with van der Waals surface area (Å²) in [4.78, 5) is 4.61. The molecule has 0 aliphatic rings. The van der Waals surface area contributed by atoms with Crippen molar-refractivity contribution in [3.8, 4) is 11.6 Å². The van der Waals surface area contributed by atoms with Crippen LogP contribution in [0.1, 0.15) is 25.5 Å². The summed E-state index contributed by atoms with van der Waals surface area (Å²) in [6.45, 7) is 4.16. The smallest absolute Gasteiger partial charge is 0.224 e. The van der Waals surface area contributed by atoms with Crippen LogP contribution in [0.25, 0.3) is 10.9 Å². The van der Waals surface area contributed by atoms with Gasteiger partial charge in [0.25, 0.3) is 0 Å². The van der Waals surface area contributed by atoms with E-state index in [-0.39, 0.29) is 0 Å². The van der Waals surface area contributed by atoms with Crippen LogP contribution in [0.15, 0.2) is 42.7 Å². The number of rotatable bonds is 4. The first-order valence-electron chi connectivity index (χ1n) is 6.84. The molecule has 4 nitrogen and oxygen atoms in total. The maximum Gasteiger partial charge on any atom is 0.224 e. The van der Waals surface area contributed by atoms with E-state index in [1.165, 1.54) is 0 Å². The Labute approximate surface area is 131 Å². The van der Waals surface area contributed by atoms with Gasteiger partial charge in [-0.05, 0) is 26.0 Å². The van der Waals surface area contributed by atoms with E-state index in [2.05, 4.69) is 52.0 Å². The molecular weight excluding hydrogens is 330 g/mol. The highest BCUT2D eigenvalue weighted by Gasteiger charge is 2.10. The summed E-state index contributed by atoms with van der Waals surface area (Å²) in [6.07, 6.45) is 3.61. The van der Waals surface area contributed by atoms with Crippen molar-refractivity contribution in [3.63, 3.8) is 0 Å². The van der Waals surface area contributed by atoms with Crippen molar-refractivity contribution in [1.29, 1.82) is 0 Å². The Kier molecular flexibility index (Phi) is 3.92. The van der Waals surface area contributed by atoms with Crippen molar-refractivity contribution in [2.24, 2.45) is 0 Å². The molecule has 0 radical (unpaired) electrons. The molecule has 21 heavy (non-hydrogen) atoms. The molecule has 0 saturated heterocycles. The molecule has 3 rings (SSSR count). The zero-order valence-electron chi connectivity index (χ0n) is 12.0. The molecular formula is C16H16BrN3O. The lowest BCUT2D eigenvalue weighted by Gasteiger charge is -2.09. The van der Waals surface area contributed by atoms with E-state index in [1.807, 2.05) is 29.1 Å². The number of fused-ring (bicyclic) bond motifs is 1. The number of nitrogens with zero attached hydrogens (tertiary/aromatic N) is 3. The number of ether oxygens (including phenoxy) is 1. The SMILES string of the molecule is CC(C)n1cc(Oc2nc3ccccc3cc2CBr)cn1. The fraction of sp³-hybridized carbons (Fsp3) is 0.250. The van der Waals surface area contributed by atoms with E-state index in [4.69, 9.17) is 4.74 Å². The van der Waals surface area contributed by atoms with Gasteiger partial charge in [0.15, 0.2) is 5.75 Å². The number of aromatic nitrogens is 3. The molecule has 2 heterocycles. The first-order valence-corrected chi connectivity index (χ1v) is 7.96. The van der Waals surface area contributed by atoms with Crippen LogP contribution < -0.4 is 4.74 Å². The third-order valence-electron chi connectivity index (χ3n) is 3.23. The minimum atomic E-state index is 0.308. The van der Waals surface area contributed by atoms with E-state index in [0.29, 0.717) is 23.0 Å². The zero-order chi connectivity index (χ0) is 14.8. The van der Waals surface area contributed by atoms with Crippen molar-refractivity contribution in [2.75, 3.05) is 0 Å². The summed E-state index contributed by atoms with van der Waals surface area (Å²) in [7, 11) is 0. The molecule has 5 heteroatoms. The molecule has 0 bridgehead atoms. The molecule has 0 aliphatic carbocycles. The molecule has 0 spiro atoms. The lowest BCUT2D eigenvalue weighted by Crippen LogP contribution is -1.99. The van der Waals surface area contributed by atoms with Crippen molar-refractivity contribution < 1.29 is 4.74 Å². The van der Waals surface area contributed by atoms with Gasteiger partial charge >= 0.3 is 0 Å². The monoisotopic (exact) mass is 345 g/mol. The molecule has 3 aromatic rings. The Morgan fingerprint density at radius 3 is 2.81 bits per heavy atom. The van der Waals surface area contributed by atoms with Gasteiger partial charge in [0.1, 0.15) is 0 Å². The minimum Gasteiger partial charge on any atom is -0.435 e. The van der Waals surface area contributed by atoms with Gasteiger partial charge in [-0.15, -0.1) is 0 Å². The first-order chi connectivity index (χ1) is 10.2. The fourth-order valence-electron chi connectivity index (χ4n) is 2.09. The number of hydrogen-bond acceptors (Lipinski definition) is 3. The van der Waals surface area contributed by atoms with Gasteiger partial charge in [-0.25, -0.2) is 4.98 Å². The third kappa shape index (κ3) is 2.93. The number of alkyl halides is 1. The van der Waals surface area contributed by atoms with Gasteiger partial charge in [0.05, 0.1) is 17.9 Å². The summed E-state index contributed by atoms with van der Waals surface area (Å²) >= 11 is 3.50. The van der Waals surface area contributed by atoms with Gasteiger partial charge in [0, 0.05) is 22.3 Å². The van der Waals surface area contributed by atoms with Crippen molar-refractivity contribution in [1.82, 2.24) is 14.8 Å². The van der Waals surface area contributed by atoms with E-state index < -0.39 is 0 Å².